The van der Waals surface area contributed by atoms with Gasteiger partial charge in [0.1, 0.15) is 54.9 Å². The molecule has 2 rings (SSSR count). The van der Waals surface area contributed by atoms with E-state index in [1.165, 1.54) is 116 Å². The molecule has 7 N–H and O–H groups in total. The van der Waals surface area contributed by atoms with E-state index in [4.69, 9.17) is 28.4 Å². The molecule has 0 spiro atoms. The number of hydrogen-bond donors (Lipinski definition) is 7. The molecule has 2 saturated heterocycles. The van der Waals surface area contributed by atoms with E-state index in [1.54, 1.807) is 0 Å². The summed E-state index contributed by atoms with van der Waals surface area (Å²) in [4.78, 5) is 13.1. The van der Waals surface area contributed by atoms with Gasteiger partial charge in [0, 0.05) is 13.0 Å². The summed E-state index contributed by atoms with van der Waals surface area (Å²) >= 11 is 0. The molecule has 0 amide bonds. The van der Waals surface area contributed by atoms with Crippen LogP contribution in [0.3, 0.4) is 0 Å². The predicted molar refractivity (Wildman–Crippen MR) is 316 cm³/mol. The van der Waals surface area contributed by atoms with Gasteiger partial charge < -0.3 is 64.2 Å². The van der Waals surface area contributed by atoms with Crippen LogP contribution in [0.25, 0.3) is 0 Å². The van der Waals surface area contributed by atoms with Crippen molar-refractivity contribution in [3.05, 3.63) is 85.1 Å². The van der Waals surface area contributed by atoms with Crippen molar-refractivity contribution in [1.29, 1.82) is 0 Å². The molecular weight excluding hydrogens is 1000 g/mol. The fourth-order valence-electron chi connectivity index (χ4n) is 9.40. The van der Waals surface area contributed by atoms with E-state index in [0.717, 1.165) is 77.0 Å². The first kappa shape index (κ1) is 72.3. The number of unbranched alkanes of at least 4 members (excludes halogenated alkanes) is 22. The minimum atomic E-state index is -1.72. The molecule has 2 aliphatic heterocycles. The predicted octanol–water partition coefficient (Wildman–Crippen LogP) is 12.0. The van der Waals surface area contributed by atoms with Gasteiger partial charge in [0.2, 0.25) is 0 Å². The second-order valence-corrected chi connectivity index (χ2v) is 21.5. The fourth-order valence-corrected chi connectivity index (χ4v) is 9.40. The number of ether oxygens (including phenoxy) is 6. The van der Waals surface area contributed by atoms with Crippen LogP contribution >= 0.6 is 0 Å². The molecule has 14 heteroatoms. The lowest BCUT2D eigenvalue weighted by molar-refractivity contribution is -0.332. The summed E-state index contributed by atoms with van der Waals surface area (Å²) < 4.78 is 34.4. The zero-order valence-corrected chi connectivity index (χ0v) is 49.1. The highest BCUT2D eigenvalue weighted by molar-refractivity contribution is 5.69. The molecule has 0 saturated carbocycles. The van der Waals surface area contributed by atoms with Gasteiger partial charge in [-0.05, 0) is 89.9 Å². The zero-order chi connectivity index (χ0) is 57.2. The van der Waals surface area contributed by atoms with Gasteiger partial charge in [0.15, 0.2) is 12.6 Å². The molecule has 11 atom stereocenters. The Hall–Kier alpha value is -2.83. The van der Waals surface area contributed by atoms with E-state index >= 15 is 0 Å². The van der Waals surface area contributed by atoms with E-state index in [-0.39, 0.29) is 19.6 Å². The molecule has 0 aromatic carbocycles. The molecule has 14 nitrogen and oxygen atoms in total. The lowest BCUT2D eigenvalue weighted by Gasteiger charge is -2.42. The summed E-state index contributed by atoms with van der Waals surface area (Å²) in [7, 11) is 0. The third-order valence-corrected chi connectivity index (χ3v) is 14.4. The molecule has 0 bridgehead atoms. The lowest BCUT2D eigenvalue weighted by atomic mass is 9.98. The third kappa shape index (κ3) is 37.1. The molecule has 2 fully saturated rings. The highest BCUT2D eigenvalue weighted by atomic mass is 16.7. The minimum Gasteiger partial charge on any atom is -0.457 e. The van der Waals surface area contributed by atoms with E-state index < -0.39 is 86.7 Å². The van der Waals surface area contributed by atoms with Crippen molar-refractivity contribution in [3.8, 4) is 0 Å². The topological polar surface area (TPSA) is 214 Å². The van der Waals surface area contributed by atoms with Crippen molar-refractivity contribution in [2.75, 3.05) is 33.0 Å². The van der Waals surface area contributed by atoms with Crippen molar-refractivity contribution in [2.24, 2.45) is 0 Å². The van der Waals surface area contributed by atoms with Crippen LogP contribution in [0.15, 0.2) is 85.1 Å². The Bertz CT molecular complexity index is 1630. The molecule has 11 unspecified atom stereocenters. The number of aliphatic hydroxyl groups is 7. The standard InChI is InChI=1S/C65H112O14/c1-3-5-7-9-11-13-15-17-19-21-23-24-25-26-27-28-29-31-33-35-37-39-41-43-45-47-49-74-51-54(77-57(67)48-46-44-42-40-38-36-34-32-30-22-20-18-16-14-12-10-8-6-4-2)52-75-64-63(73)61(71)59(69)56(79-64)53-76-65-62(72)60(70)58(68)55(50-66)78-65/h6,8,12,14-15,17-18,20-21,23,30,32,36,38,54-56,58-66,68-73H,3-5,7,9-11,13,16,19,22,24-29,31,33-35,37,39-53H2,1-2H3/b8-6-,14-12-,17-15-,20-18-,23-21-,32-30-,38-36-. The van der Waals surface area contributed by atoms with Gasteiger partial charge in [-0.15, -0.1) is 0 Å². The van der Waals surface area contributed by atoms with Gasteiger partial charge in [0.05, 0.1) is 26.4 Å². The molecular formula is C65H112O14. The maximum absolute atomic E-state index is 13.1. The summed E-state index contributed by atoms with van der Waals surface area (Å²) in [6, 6.07) is 0. The largest absolute Gasteiger partial charge is 0.457 e. The summed E-state index contributed by atoms with van der Waals surface area (Å²) in [6.45, 7) is 3.53. The van der Waals surface area contributed by atoms with Crippen LogP contribution in [0.5, 0.6) is 0 Å². The van der Waals surface area contributed by atoms with Crippen LogP contribution in [-0.4, -0.2) is 142 Å². The van der Waals surface area contributed by atoms with E-state index in [9.17, 15) is 40.5 Å². The molecule has 0 aromatic rings. The SMILES string of the molecule is CC/C=C\C/C=C\C/C=C\C/C=C\C/C=C\CCCCCC(=O)OC(COCCCCCCCCCCCCCCCC/C=C\C/C=C\CCCCCCC)COC1OC(COC2OC(CO)C(O)C(O)C2O)C(O)C(O)C1O. The molecule has 0 radical (unpaired) electrons. The Balaban J connectivity index is 1.69. The molecule has 0 aromatic heterocycles. The number of rotatable bonds is 50. The highest BCUT2D eigenvalue weighted by Crippen LogP contribution is 2.27. The average Bonchev–Trinajstić information content (AvgIpc) is 3.46. The normalized spacial score (nSPS) is 24.6. The van der Waals surface area contributed by atoms with Crippen molar-refractivity contribution in [1.82, 2.24) is 0 Å². The number of hydrogen-bond acceptors (Lipinski definition) is 14. The molecule has 456 valence electrons. The molecule has 2 heterocycles. The van der Waals surface area contributed by atoms with Crippen LogP contribution in [0.4, 0.5) is 0 Å². The van der Waals surface area contributed by atoms with Crippen molar-refractivity contribution >= 4 is 5.97 Å². The van der Waals surface area contributed by atoms with Crippen LogP contribution in [0, 0.1) is 0 Å². The Morgan fingerprint density at radius 1 is 0.430 bits per heavy atom. The Morgan fingerprint density at radius 3 is 1.29 bits per heavy atom. The van der Waals surface area contributed by atoms with Crippen molar-refractivity contribution in [3.63, 3.8) is 0 Å². The van der Waals surface area contributed by atoms with Crippen LogP contribution in [0.1, 0.15) is 219 Å². The minimum absolute atomic E-state index is 0.0439. The Kier molecular flexibility index (Phi) is 46.5. The maximum Gasteiger partial charge on any atom is 0.306 e. The second-order valence-electron chi connectivity index (χ2n) is 21.5. The van der Waals surface area contributed by atoms with Gasteiger partial charge in [-0.25, -0.2) is 0 Å². The molecule has 2 aliphatic rings. The average molecular weight is 1120 g/mol. The monoisotopic (exact) mass is 1120 g/mol. The van der Waals surface area contributed by atoms with Crippen molar-refractivity contribution in [2.45, 2.75) is 287 Å². The first-order valence-corrected chi connectivity index (χ1v) is 31.2. The van der Waals surface area contributed by atoms with Crippen molar-refractivity contribution < 1.29 is 69.0 Å². The number of allylic oxidation sites excluding steroid dienone is 14. The number of carbonyl (C=O) groups excluding carboxylic acids is 1. The van der Waals surface area contributed by atoms with E-state index in [1.807, 2.05) is 0 Å². The van der Waals surface area contributed by atoms with Gasteiger partial charge in [0.25, 0.3) is 0 Å². The smallest absolute Gasteiger partial charge is 0.306 e. The van der Waals surface area contributed by atoms with Crippen LogP contribution in [-0.2, 0) is 33.2 Å². The van der Waals surface area contributed by atoms with Gasteiger partial charge in [-0.3, -0.25) is 4.79 Å². The quantitative estimate of drug-likeness (QED) is 0.0172. The van der Waals surface area contributed by atoms with Crippen LogP contribution in [0.2, 0.25) is 0 Å². The maximum atomic E-state index is 13.1. The number of aliphatic hydroxyl groups excluding tert-OH is 7. The van der Waals surface area contributed by atoms with E-state index in [2.05, 4.69) is 98.9 Å². The van der Waals surface area contributed by atoms with Crippen LogP contribution < -0.4 is 0 Å². The molecule has 0 aliphatic carbocycles. The fraction of sp³-hybridized carbons (Fsp3) is 0.769. The van der Waals surface area contributed by atoms with Gasteiger partial charge in [-0.1, -0.05) is 208 Å². The Labute approximate surface area is 478 Å². The first-order valence-electron chi connectivity index (χ1n) is 31.2. The van der Waals surface area contributed by atoms with Gasteiger partial charge in [-0.2, -0.15) is 0 Å². The summed E-state index contributed by atoms with van der Waals surface area (Å²) in [5, 5.41) is 72.4. The summed E-state index contributed by atoms with van der Waals surface area (Å²) in [5.74, 6) is -0.408. The highest BCUT2D eigenvalue weighted by Gasteiger charge is 2.47. The third-order valence-electron chi connectivity index (χ3n) is 14.4. The zero-order valence-electron chi connectivity index (χ0n) is 49.1. The molecule has 79 heavy (non-hydrogen) atoms. The second kappa shape index (κ2) is 50.9. The lowest BCUT2D eigenvalue weighted by Crippen LogP contribution is -2.61. The summed E-state index contributed by atoms with van der Waals surface area (Å²) in [6.07, 6.45) is 50.8. The number of esters is 1. The van der Waals surface area contributed by atoms with E-state index in [0.29, 0.717) is 13.0 Å². The Morgan fingerprint density at radius 2 is 0.823 bits per heavy atom. The summed E-state index contributed by atoms with van der Waals surface area (Å²) in [5.41, 5.74) is 0. The van der Waals surface area contributed by atoms with Gasteiger partial charge >= 0.3 is 5.97 Å². The first-order chi connectivity index (χ1) is 38.6. The number of carbonyl (C=O) groups is 1.